The van der Waals surface area contributed by atoms with E-state index >= 15 is 0 Å². The van der Waals surface area contributed by atoms with Gasteiger partial charge in [0.15, 0.2) is 5.78 Å². The number of Topliss-reactive ketones (excluding diaryl/α,β-unsaturated/α-hetero) is 1. The molecule has 0 fully saturated rings. The number of rotatable bonds is 3. The number of ketones is 1. The second kappa shape index (κ2) is 7.81. The molecule has 0 amide bonds. The Morgan fingerprint density at radius 3 is 2.59 bits per heavy atom. The highest BCUT2D eigenvalue weighted by Crippen LogP contribution is 2.51. The van der Waals surface area contributed by atoms with Crippen LogP contribution in [0.5, 0.6) is 0 Å². The van der Waals surface area contributed by atoms with Gasteiger partial charge in [-0.05, 0) is 29.5 Å². The number of benzene rings is 2. The molecule has 0 spiro atoms. The van der Waals surface area contributed by atoms with Gasteiger partial charge in [0.1, 0.15) is 5.82 Å². The maximum atomic E-state index is 13.5. The van der Waals surface area contributed by atoms with Gasteiger partial charge in [0.2, 0.25) is 0 Å². The molecular formula is C24H21ClN4O3. The molecule has 1 aliphatic carbocycles. The van der Waals surface area contributed by atoms with Crippen molar-refractivity contribution in [3.8, 4) is 6.07 Å². The fourth-order valence-electron chi connectivity index (χ4n) is 4.57. The van der Waals surface area contributed by atoms with Gasteiger partial charge in [-0.3, -0.25) is 19.8 Å². The summed E-state index contributed by atoms with van der Waals surface area (Å²) in [6.45, 7) is 3.98. The third kappa shape index (κ3) is 3.53. The minimum absolute atomic E-state index is 0.0862. The van der Waals surface area contributed by atoms with Gasteiger partial charge in [-0.1, -0.05) is 49.7 Å². The summed E-state index contributed by atoms with van der Waals surface area (Å²) in [5.41, 5.74) is 8.45. The molecule has 7 nitrogen and oxygen atoms in total. The lowest BCUT2D eigenvalue weighted by molar-refractivity contribution is -0.384. The summed E-state index contributed by atoms with van der Waals surface area (Å²) >= 11 is 6.48. The number of hydrogen-bond acceptors (Lipinski definition) is 6. The maximum absolute atomic E-state index is 13.5. The Balaban J connectivity index is 2.02. The lowest BCUT2D eigenvalue weighted by atomic mass is 9.68. The minimum atomic E-state index is -0.692. The Morgan fingerprint density at radius 2 is 1.94 bits per heavy atom. The van der Waals surface area contributed by atoms with E-state index in [4.69, 9.17) is 17.3 Å². The smallest absolute Gasteiger partial charge is 0.271 e. The Bertz CT molecular complexity index is 1260. The molecule has 2 aromatic rings. The van der Waals surface area contributed by atoms with Gasteiger partial charge in [0, 0.05) is 34.8 Å². The van der Waals surface area contributed by atoms with E-state index in [1.807, 2.05) is 13.8 Å². The van der Waals surface area contributed by atoms with E-state index in [1.54, 1.807) is 41.3 Å². The zero-order valence-electron chi connectivity index (χ0n) is 17.6. The molecule has 0 saturated carbocycles. The van der Waals surface area contributed by atoms with Crippen molar-refractivity contribution in [3.63, 3.8) is 0 Å². The number of carbonyl (C=O) groups is 1. The molecule has 0 radical (unpaired) electrons. The van der Waals surface area contributed by atoms with Gasteiger partial charge in [-0.25, -0.2) is 0 Å². The first kappa shape index (κ1) is 21.6. The van der Waals surface area contributed by atoms with Crippen LogP contribution in [0.4, 0.5) is 11.4 Å². The van der Waals surface area contributed by atoms with Gasteiger partial charge in [-0.2, -0.15) is 5.26 Å². The van der Waals surface area contributed by atoms with Crippen molar-refractivity contribution in [2.75, 3.05) is 4.90 Å². The molecule has 1 heterocycles. The molecule has 1 aliphatic heterocycles. The standard InChI is InChI=1S/C24H21ClN4O3/c1-24(2)11-19-22(20(30)12-24)21(16-8-3-4-9-18(16)25)17(13-26)23(27)28(19)14-6-5-7-15(10-14)29(31)32/h3-10,21H,11-12,27H2,1-2H3/t21-/m0/s1. The summed E-state index contributed by atoms with van der Waals surface area (Å²) in [5.74, 6) is -0.638. The molecule has 0 bridgehead atoms. The second-order valence-corrected chi connectivity index (χ2v) is 9.19. The van der Waals surface area contributed by atoms with Crippen LogP contribution >= 0.6 is 11.6 Å². The molecule has 0 aromatic heterocycles. The topological polar surface area (TPSA) is 113 Å². The predicted molar refractivity (Wildman–Crippen MR) is 122 cm³/mol. The number of carbonyl (C=O) groups excluding carboxylic acids is 1. The van der Waals surface area contributed by atoms with Crippen LogP contribution in [0.15, 0.2) is 71.2 Å². The number of nitrogens with zero attached hydrogens (tertiary/aromatic N) is 3. The van der Waals surface area contributed by atoms with Gasteiger partial charge in [0.25, 0.3) is 5.69 Å². The summed E-state index contributed by atoms with van der Waals surface area (Å²) in [6, 6.07) is 15.3. The van der Waals surface area contributed by atoms with E-state index in [0.29, 0.717) is 40.4 Å². The van der Waals surface area contributed by atoms with E-state index in [0.717, 1.165) is 0 Å². The number of anilines is 1. The van der Waals surface area contributed by atoms with Crippen LogP contribution in [-0.4, -0.2) is 10.7 Å². The highest BCUT2D eigenvalue weighted by molar-refractivity contribution is 6.31. The average molecular weight is 449 g/mol. The van der Waals surface area contributed by atoms with Gasteiger partial charge < -0.3 is 5.73 Å². The van der Waals surface area contributed by atoms with Crippen molar-refractivity contribution in [3.05, 3.63) is 91.9 Å². The lowest BCUT2D eigenvalue weighted by Crippen LogP contribution is -2.42. The van der Waals surface area contributed by atoms with E-state index in [9.17, 15) is 20.2 Å². The fraction of sp³-hybridized carbons (Fsp3) is 0.250. The number of halogens is 1. The van der Waals surface area contributed by atoms with Crippen molar-refractivity contribution in [1.29, 1.82) is 5.26 Å². The van der Waals surface area contributed by atoms with Crippen molar-refractivity contribution >= 4 is 28.8 Å². The first-order valence-corrected chi connectivity index (χ1v) is 10.5. The van der Waals surface area contributed by atoms with Crippen LogP contribution in [0, 0.1) is 26.9 Å². The summed E-state index contributed by atoms with van der Waals surface area (Å²) < 4.78 is 0. The van der Waals surface area contributed by atoms with Crippen LogP contribution in [0.25, 0.3) is 0 Å². The van der Waals surface area contributed by atoms with E-state index in [2.05, 4.69) is 6.07 Å². The molecule has 1 atom stereocenters. The van der Waals surface area contributed by atoms with E-state index in [1.165, 1.54) is 12.1 Å². The molecule has 32 heavy (non-hydrogen) atoms. The minimum Gasteiger partial charge on any atom is -0.384 e. The fourth-order valence-corrected chi connectivity index (χ4v) is 4.81. The maximum Gasteiger partial charge on any atom is 0.271 e. The largest absolute Gasteiger partial charge is 0.384 e. The molecule has 2 aliphatic rings. The number of hydrogen-bond donors (Lipinski definition) is 1. The van der Waals surface area contributed by atoms with Crippen LogP contribution in [0.2, 0.25) is 5.02 Å². The Morgan fingerprint density at radius 1 is 1.22 bits per heavy atom. The Labute approximate surface area is 190 Å². The van der Waals surface area contributed by atoms with Crippen molar-refractivity contribution in [2.45, 2.75) is 32.6 Å². The average Bonchev–Trinajstić information content (AvgIpc) is 2.72. The zero-order chi connectivity index (χ0) is 23.2. The normalized spacial score (nSPS) is 20.1. The molecule has 8 heteroatoms. The van der Waals surface area contributed by atoms with Crippen LogP contribution in [-0.2, 0) is 4.79 Å². The SMILES string of the molecule is CC1(C)CC(=O)C2=C(C1)N(c1cccc([N+](=O)[O-])c1)C(N)=C(C#N)[C@@H]2c1ccccc1Cl. The van der Waals surface area contributed by atoms with Crippen molar-refractivity contribution < 1.29 is 9.72 Å². The number of nitrogens with two attached hydrogens (primary N) is 1. The molecule has 0 saturated heterocycles. The van der Waals surface area contributed by atoms with E-state index in [-0.39, 0.29) is 28.3 Å². The van der Waals surface area contributed by atoms with Crippen LogP contribution < -0.4 is 10.6 Å². The molecule has 162 valence electrons. The highest BCUT2D eigenvalue weighted by Gasteiger charge is 2.45. The molecule has 2 aromatic carbocycles. The molecule has 0 unspecified atom stereocenters. The van der Waals surface area contributed by atoms with Crippen LogP contribution in [0.1, 0.15) is 38.2 Å². The number of allylic oxidation sites excluding steroid dienone is 3. The van der Waals surface area contributed by atoms with Crippen LogP contribution in [0.3, 0.4) is 0 Å². The Hall–Kier alpha value is -3.63. The summed E-state index contributed by atoms with van der Waals surface area (Å²) in [7, 11) is 0. The monoisotopic (exact) mass is 448 g/mol. The van der Waals surface area contributed by atoms with E-state index < -0.39 is 10.8 Å². The summed E-state index contributed by atoms with van der Waals surface area (Å²) in [4.78, 5) is 25.9. The number of non-ortho nitro benzene ring substituents is 1. The quantitative estimate of drug-likeness (QED) is 0.510. The van der Waals surface area contributed by atoms with Gasteiger partial charge >= 0.3 is 0 Å². The molecule has 4 rings (SSSR count). The number of nitro benzene ring substituents is 1. The summed E-state index contributed by atoms with van der Waals surface area (Å²) in [5, 5.41) is 21.9. The lowest BCUT2D eigenvalue weighted by Gasteiger charge is -2.43. The number of nitro groups is 1. The molecular weight excluding hydrogens is 428 g/mol. The van der Waals surface area contributed by atoms with Gasteiger partial charge in [0.05, 0.1) is 28.2 Å². The summed E-state index contributed by atoms with van der Waals surface area (Å²) in [6.07, 6.45) is 0.825. The first-order valence-electron chi connectivity index (χ1n) is 10.1. The van der Waals surface area contributed by atoms with Crippen molar-refractivity contribution in [2.24, 2.45) is 11.1 Å². The predicted octanol–water partition coefficient (Wildman–Crippen LogP) is 5.19. The van der Waals surface area contributed by atoms with Gasteiger partial charge in [-0.15, -0.1) is 0 Å². The second-order valence-electron chi connectivity index (χ2n) is 8.78. The first-order chi connectivity index (χ1) is 15.1. The Kier molecular flexibility index (Phi) is 5.27. The third-order valence-corrected chi connectivity index (χ3v) is 6.24. The van der Waals surface area contributed by atoms with Crippen molar-refractivity contribution in [1.82, 2.24) is 0 Å². The zero-order valence-corrected chi connectivity index (χ0v) is 18.4. The third-order valence-electron chi connectivity index (χ3n) is 5.90. The highest BCUT2D eigenvalue weighted by atomic mass is 35.5. The molecule has 2 N–H and O–H groups in total. The number of nitriles is 1.